The molecule has 92 valence electrons. The Bertz CT molecular complexity index is 260. The molecule has 2 aliphatic heterocycles. The monoisotopic (exact) mass is 227 g/mol. The molecule has 0 aliphatic carbocycles. The van der Waals surface area contributed by atoms with Crippen molar-refractivity contribution in [3.8, 4) is 0 Å². The first-order chi connectivity index (χ1) is 7.42. The molecule has 4 nitrogen and oxygen atoms in total. The Morgan fingerprint density at radius 3 is 2.31 bits per heavy atom. The van der Waals surface area contributed by atoms with Crippen LogP contribution in [0.4, 0.5) is 4.79 Å². The molecule has 1 amide bonds. The summed E-state index contributed by atoms with van der Waals surface area (Å²) in [7, 11) is 0. The van der Waals surface area contributed by atoms with E-state index in [2.05, 4.69) is 5.32 Å². The summed E-state index contributed by atoms with van der Waals surface area (Å²) in [5.74, 6) is 0. The van der Waals surface area contributed by atoms with E-state index in [4.69, 9.17) is 9.47 Å². The number of carbonyl (C=O) groups is 1. The number of hydrogen-bond acceptors (Lipinski definition) is 3. The molecular formula is C12H21NO3. The van der Waals surface area contributed by atoms with Crippen LogP contribution in [-0.4, -0.2) is 29.9 Å². The molecule has 0 saturated carbocycles. The highest BCUT2D eigenvalue weighted by atomic mass is 16.6. The Hall–Kier alpha value is -0.770. The van der Waals surface area contributed by atoms with Gasteiger partial charge in [0.25, 0.3) is 0 Å². The van der Waals surface area contributed by atoms with Gasteiger partial charge in [0.2, 0.25) is 0 Å². The molecule has 2 fully saturated rings. The summed E-state index contributed by atoms with van der Waals surface area (Å²) in [6.45, 7) is 5.63. The summed E-state index contributed by atoms with van der Waals surface area (Å²) in [6.07, 6.45) is 4.51. The highest BCUT2D eigenvalue weighted by molar-refractivity contribution is 5.68. The van der Waals surface area contributed by atoms with Crippen molar-refractivity contribution in [3.63, 3.8) is 0 Å². The Labute approximate surface area is 96.7 Å². The van der Waals surface area contributed by atoms with Crippen LogP contribution in [-0.2, 0) is 9.47 Å². The van der Waals surface area contributed by atoms with Crippen LogP contribution < -0.4 is 5.32 Å². The average Bonchev–Trinajstić information content (AvgIpc) is 2.42. The summed E-state index contributed by atoms with van der Waals surface area (Å²) >= 11 is 0. The molecule has 2 atom stereocenters. The van der Waals surface area contributed by atoms with E-state index in [-0.39, 0.29) is 12.1 Å². The van der Waals surface area contributed by atoms with Gasteiger partial charge in [0.1, 0.15) is 5.60 Å². The topological polar surface area (TPSA) is 47.6 Å². The van der Waals surface area contributed by atoms with Crippen molar-refractivity contribution in [3.05, 3.63) is 0 Å². The van der Waals surface area contributed by atoms with E-state index in [0.717, 1.165) is 25.7 Å². The molecule has 2 aliphatic rings. The smallest absolute Gasteiger partial charge is 0.407 e. The Kier molecular flexibility index (Phi) is 3.10. The first-order valence-electron chi connectivity index (χ1n) is 6.07. The number of nitrogens with one attached hydrogen (secondary N) is 1. The maximum atomic E-state index is 11.6. The number of hydrogen-bond donors (Lipinski definition) is 1. The van der Waals surface area contributed by atoms with Gasteiger partial charge in [0.05, 0.1) is 12.2 Å². The molecule has 0 aromatic heterocycles. The molecule has 2 saturated heterocycles. The van der Waals surface area contributed by atoms with Crippen molar-refractivity contribution < 1.29 is 14.3 Å². The predicted octanol–water partition coefficient (Wildman–Crippen LogP) is 2.22. The predicted molar refractivity (Wildman–Crippen MR) is 60.3 cm³/mol. The second-order valence-corrected chi connectivity index (χ2v) is 5.77. The summed E-state index contributed by atoms with van der Waals surface area (Å²) in [6, 6.07) is 0.223. The van der Waals surface area contributed by atoms with E-state index in [1.165, 1.54) is 0 Å². The third-order valence-electron chi connectivity index (χ3n) is 3.01. The fourth-order valence-corrected chi connectivity index (χ4v) is 2.45. The molecule has 2 rings (SSSR count). The van der Waals surface area contributed by atoms with Gasteiger partial charge in [0.15, 0.2) is 0 Å². The molecule has 1 N–H and O–H groups in total. The molecule has 2 bridgehead atoms. The first-order valence-corrected chi connectivity index (χ1v) is 6.07. The fourth-order valence-electron chi connectivity index (χ4n) is 2.45. The Morgan fingerprint density at radius 2 is 1.81 bits per heavy atom. The number of fused-ring (bicyclic) bond motifs is 2. The number of ether oxygens (including phenoxy) is 2. The molecule has 2 heterocycles. The van der Waals surface area contributed by atoms with E-state index in [1.807, 2.05) is 20.8 Å². The fraction of sp³-hybridized carbons (Fsp3) is 0.917. The van der Waals surface area contributed by atoms with Crippen molar-refractivity contribution in [2.45, 2.75) is 70.3 Å². The second-order valence-electron chi connectivity index (χ2n) is 5.77. The zero-order chi connectivity index (χ0) is 11.8. The van der Waals surface area contributed by atoms with Crippen molar-refractivity contribution in [1.29, 1.82) is 0 Å². The zero-order valence-corrected chi connectivity index (χ0v) is 10.3. The minimum absolute atomic E-state index is 0.223. The van der Waals surface area contributed by atoms with E-state index < -0.39 is 5.60 Å². The normalized spacial score (nSPS) is 33.6. The van der Waals surface area contributed by atoms with Crippen LogP contribution in [0.5, 0.6) is 0 Å². The maximum Gasteiger partial charge on any atom is 0.407 e. The zero-order valence-electron chi connectivity index (χ0n) is 10.3. The van der Waals surface area contributed by atoms with Gasteiger partial charge in [-0.15, -0.1) is 0 Å². The minimum atomic E-state index is -0.422. The molecule has 0 aromatic rings. The lowest BCUT2D eigenvalue weighted by Crippen LogP contribution is -2.44. The molecule has 4 heteroatoms. The quantitative estimate of drug-likeness (QED) is 0.747. The van der Waals surface area contributed by atoms with Crippen molar-refractivity contribution in [2.24, 2.45) is 0 Å². The molecule has 0 aromatic carbocycles. The van der Waals surface area contributed by atoms with Gasteiger partial charge in [-0.25, -0.2) is 4.79 Å². The van der Waals surface area contributed by atoms with Gasteiger partial charge in [-0.3, -0.25) is 0 Å². The Morgan fingerprint density at radius 1 is 1.25 bits per heavy atom. The number of rotatable bonds is 1. The van der Waals surface area contributed by atoms with Crippen molar-refractivity contribution in [1.82, 2.24) is 5.32 Å². The maximum absolute atomic E-state index is 11.6. The van der Waals surface area contributed by atoms with Crippen LogP contribution in [0, 0.1) is 0 Å². The summed E-state index contributed by atoms with van der Waals surface area (Å²) in [4.78, 5) is 11.6. The lowest BCUT2D eigenvalue weighted by molar-refractivity contribution is -0.0119. The van der Waals surface area contributed by atoms with Crippen molar-refractivity contribution in [2.75, 3.05) is 0 Å². The van der Waals surface area contributed by atoms with Crippen LogP contribution in [0.25, 0.3) is 0 Å². The average molecular weight is 227 g/mol. The minimum Gasteiger partial charge on any atom is -0.444 e. The molecule has 2 unspecified atom stereocenters. The number of alkyl carbamates (subject to hydrolysis) is 1. The molecule has 0 radical (unpaired) electrons. The lowest BCUT2D eigenvalue weighted by atomic mass is 10.0. The van der Waals surface area contributed by atoms with Gasteiger partial charge >= 0.3 is 6.09 Å². The highest BCUT2D eigenvalue weighted by Gasteiger charge is 2.36. The van der Waals surface area contributed by atoms with Gasteiger partial charge in [-0.2, -0.15) is 0 Å². The standard InChI is InChI=1S/C12H21NO3/c1-12(2,3)16-11(14)13-8-6-9-4-5-10(7-8)15-9/h8-10H,4-7H2,1-3H3,(H,13,14). The summed E-state index contributed by atoms with van der Waals surface area (Å²) in [5, 5.41) is 2.94. The van der Waals surface area contributed by atoms with E-state index in [0.29, 0.717) is 12.2 Å². The van der Waals surface area contributed by atoms with Crippen molar-refractivity contribution >= 4 is 6.09 Å². The largest absolute Gasteiger partial charge is 0.444 e. The molecule has 0 spiro atoms. The number of amides is 1. The van der Waals surface area contributed by atoms with Gasteiger partial charge in [-0.05, 0) is 46.5 Å². The summed E-state index contributed by atoms with van der Waals surface area (Å²) < 4.78 is 11.0. The third kappa shape index (κ3) is 3.11. The summed E-state index contributed by atoms with van der Waals surface area (Å²) in [5.41, 5.74) is -0.422. The SMILES string of the molecule is CC(C)(C)OC(=O)NC1CC2CCC(C1)O2. The van der Waals surface area contributed by atoms with Crippen LogP contribution in [0.1, 0.15) is 46.5 Å². The third-order valence-corrected chi connectivity index (χ3v) is 3.01. The van der Waals surface area contributed by atoms with Gasteiger partial charge in [0, 0.05) is 6.04 Å². The van der Waals surface area contributed by atoms with E-state index >= 15 is 0 Å². The lowest BCUT2D eigenvalue weighted by Gasteiger charge is -2.29. The van der Waals surface area contributed by atoms with Crippen LogP contribution in [0.3, 0.4) is 0 Å². The van der Waals surface area contributed by atoms with Crippen LogP contribution >= 0.6 is 0 Å². The first kappa shape index (κ1) is 11.7. The van der Waals surface area contributed by atoms with Gasteiger partial charge in [-0.1, -0.05) is 0 Å². The Balaban J connectivity index is 1.79. The van der Waals surface area contributed by atoms with E-state index in [1.54, 1.807) is 0 Å². The van der Waals surface area contributed by atoms with Gasteiger partial charge < -0.3 is 14.8 Å². The van der Waals surface area contributed by atoms with Crippen LogP contribution in [0.15, 0.2) is 0 Å². The number of carbonyl (C=O) groups excluding carboxylic acids is 1. The van der Waals surface area contributed by atoms with E-state index in [9.17, 15) is 4.79 Å². The second kappa shape index (κ2) is 4.24. The highest BCUT2D eigenvalue weighted by Crippen LogP contribution is 2.32. The molecule has 16 heavy (non-hydrogen) atoms. The van der Waals surface area contributed by atoms with Crippen LogP contribution in [0.2, 0.25) is 0 Å². The molecular weight excluding hydrogens is 206 g/mol.